The van der Waals surface area contributed by atoms with Crippen LogP contribution in [0.25, 0.3) is 0 Å². The molecule has 0 spiro atoms. The smallest absolute Gasteiger partial charge is 0.237 e. The molecule has 2 heterocycles. The second kappa shape index (κ2) is 20.7. The van der Waals surface area contributed by atoms with Crippen molar-refractivity contribution in [1.29, 1.82) is 5.26 Å². The van der Waals surface area contributed by atoms with Crippen molar-refractivity contribution in [3.63, 3.8) is 0 Å². The fourth-order valence-corrected chi connectivity index (χ4v) is 9.60. The number of nitrogens with zero attached hydrogens (tertiary/aromatic N) is 6. The lowest BCUT2D eigenvalue weighted by Gasteiger charge is -2.62. The normalized spacial score (nSPS) is 28.4. The zero-order valence-corrected chi connectivity index (χ0v) is 32.1. The van der Waals surface area contributed by atoms with Gasteiger partial charge in [-0.2, -0.15) is 5.26 Å². The molecule has 7 atom stereocenters. The fourth-order valence-electron chi connectivity index (χ4n) is 9.60. The average Bonchev–Trinajstić information content (AvgIpc) is 3.83. The third-order valence-corrected chi connectivity index (χ3v) is 11.9. The minimum atomic E-state index is -1.67. The third-order valence-electron chi connectivity index (χ3n) is 11.9. The van der Waals surface area contributed by atoms with E-state index in [9.17, 15) is 30.5 Å². The number of ether oxygens (including phenoxy) is 3. The summed E-state index contributed by atoms with van der Waals surface area (Å²) >= 11 is 0. The molecule has 16 heteroatoms. The van der Waals surface area contributed by atoms with Crippen molar-refractivity contribution in [3.8, 4) is 6.07 Å². The molecule has 4 saturated carbocycles. The van der Waals surface area contributed by atoms with Gasteiger partial charge in [0.05, 0.1) is 76.2 Å². The Kier molecular flexibility index (Phi) is 16.5. The maximum absolute atomic E-state index is 13.0. The van der Waals surface area contributed by atoms with Crippen molar-refractivity contribution in [3.05, 3.63) is 11.9 Å². The summed E-state index contributed by atoms with van der Waals surface area (Å²) in [4.78, 5) is 16.7. The predicted molar refractivity (Wildman–Crippen MR) is 197 cm³/mol. The van der Waals surface area contributed by atoms with Crippen LogP contribution in [0.15, 0.2) is 6.20 Å². The minimum Gasteiger partial charge on any atom is -0.394 e. The Hall–Kier alpha value is -2.30. The number of nitrogens with one attached hydrogen (secondary N) is 1. The molecule has 2 unspecified atom stereocenters. The molecule has 1 aliphatic heterocycles. The number of nitriles is 1. The Morgan fingerprint density at radius 2 is 1.76 bits per heavy atom. The Bertz CT molecular complexity index is 1320. The molecule has 1 amide bonds. The second-order valence-electron chi connectivity index (χ2n) is 16.3. The number of aliphatic hydroxyl groups excluding tert-OH is 5. The fraction of sp³-hybridized carbons (Fsp3) is 0.895. The van der Waals surface area contributed by atoms with E-state index in [0.29, 0.717) is 76.7 Å². The van der Waals surface area contributed by atoms with Crippen molar-refractivity contribution >= 4 is 5.91 Å². The van der Waals surface area contributed by atoms with E-state index in [-0.39, 0.29) is 36.2 Å². The standard InChI is InChI=1S/C38H65N7O9/c1-2-3-4-5-8-43(25-32(47)35(50)36(51)33(48)26-46)23-30-24-44(42-41-30)10-11-52-12-13-53-14-15-54-38-19-28-16-29(20-38)18-37(17-28,27-38)40-22-34(49)45-9-6-7-31(45)21-39/h24,28-29,31-33,35-36,40,46-48,50-51H,2-20,22-23,25-27H2,1H3/t28?,29?,31-,32-,33+,35+,36+,37?,38?/m0/s1. The van der Waals surface area contributed by atoms with Crippen molar-refractivity contribution in [2.75, 3.05) is 65.8 Å². The first-order valence-corrected chi connectivity index (χ1v) is 20.3. The number of carbonyl (C=O) groups excluding carboxylic acids is 1. The SMILES string of the molecule is CCCCCCN(Cc1cn(CCOCCOCCOC23CC4CC(CC(NCC(=O)N5CCC[C@H]5C#N)(C4)C2)C3)nn1)C[C@H](O)[C@@H](O)[C@H](O)[C@H](O)CO. The van der Waals surface area contributed by atoms with Gasteiger partial charge in [-0.25, -0.2) is 4.68 Å². The zero-order valence-electron chi connectivity index (χ0n) is 32.1. The summed E-state index contributed by atoms with van der Waals surface area (Å²) in [6.45, 7) is 6.27. The first-order chi connectivity index (χ1) is 26.1. The molecular formula is C38H65N7O9. The number of likely N-dealkylation sites (tertiary alicyclic amines) is 1. The van der Waals surface area contributed by atoms with Crippen LogP contribution in [0, 0.1) is 23.2 Å². The zero-order chi connectivity index (χ0) is 38.6. The molecule has 54 heavy (non-hydrogen) atoms. The van der Waals surface area contributed by atoms with E-state index in [1.807, 2.05) is 11.1 Å². The summed E-state index contributed by atoms with van der Waals surface area (Å²) in [5, 5.41) is 71.2. The first kappa shape index (κ1) is 42.8. The molecule has 0 aromatic carbocycles. The number of hydrogen-bond donors (Lipinski definition) is 6. The van der Waals surface area contributed by atoms with E-state index in [4.69, 9.17) is 19.3 Å². The molecule has 5 fully saturated rings. The van der Waals surface area contributed by atoms with Gasteiger partial charge in [-0.3, -0.25) is 9.69 Å². The Morgan fingerprint density at radius 3 is 2.48 bits per heavy atom. The summed E-state index contributed by atoms with van der Waals surface area (Å²) in [7, 11) is 0. The number of hydrogen-bond acceptors (Lipinski definition) is 14. The van der Waals surface area contributed by atoms with Gasteiger partial charge in [0.15, 0.2) is 0 Å². The summed E-state index contributed by atoms with van der Waals surface area (Å²) in [5.41, 5.74) is 0.452. The topological polar surface area (TPSA) is 219 Å². The van der Waals surface area contributed by atoms with Crippen LogP contribution in [0.2, 0.25) is 0 Å². The Labute approximate surface area is 319 Å². The van der Waals surface area contributed by atoms with Gasteiger partial charge in [-0.1, -0.05) is 31.4 Å². The average molecular weight is 764 g/mol. The van der Waals surface area contributed by atoms with E-state index >= 15 is 0 Å². The van der Waals surface area contributed by atoms with Crippen LogP contribution in [0.1, 0.15) is 89.7 Å². The van der Waals surface area contributed by atoms with Gasteiger partial charge in [0.1, 0.15) is 24.4 Å². The number of aliphatic hydroxyl groups is 5. The van der Waals surface area contributed by atoms with Crippen LogP contribution in [0.5, 0.6) is 0 Å². The molecule has 6 N–H and O–H groups in total. The highest BCUT2D eigenvalue weighted by Gasteiger charge is 2.58. The van der Waals surface area contributed by atoms with E-state index < -0.39 is 31.0 Å². The van der Waals surface area contributed by atoms with E-state index in [2.05, 4.69) is 28.6 Å². The highest BCUT2D eigenvalue weighted by Crippen LogP contribution is 2.58. The molecule has 1 aromatic rings. The largest absolute Gasteiger partial charge is 0.394 e. The lowest BCUT2D eigenvalue weighted by atomic mass is 9.51. The molecule has 5 aliphatic rings. The van der Waals surface area contributed by atoms with E-state index in [0.717, 1.165) is 70.6 Å². The van der Waals surface area contributed by atoms with Crippen LogP contribution in [-0.2, 0) is 32.1 Å². The lowest BCUT2D eigenvalue weighted by molar-refractivity contribution is -0.182. The second-order valence-corrected chi connectivity index (χ2v) is 16.3. The number of amides is 1. The van der Waals surface area contributed by atoms with Gasteiger partial charge < -0.3 is 50.0 Å². The molecular weight excluding hydrogens is 698 g/mol. The highest BCUT2D eigenvalue weighted by molar-refractivity contribution is 5.79. The molecule has 0 radical (unpaired) electrons. The van der Waals surface area contributed by atoms with Crippen molar-refractivity contribution in [1.82, 2.24) is 30.1 Å². The van der Waals surface area contributed by atoms with Crippen LogP contribution in [0.3, 0.4) is 0 Å². The minimum absolute atomic E-state index is 0.0362. The first-order valence-electron chi connectivity index (χ1n) is 20.3. The quantitative estimate of drug-likeness (QED) is 0.0702. The van der Waals surface area contributed by atoms with Gasteiger partial charge >= 0.3 is 0 Å². The summed E-state index contributed by atoms with van der Waals surface area (Å²) < 4.78 is 19.9. The predicted octanol–water partition coefficient (Wildman–Crippen LogP) is 0.342. The monoisotopic (exact) mass is 763 g/mol. The Morgan fingerprint density at radius 1 is 1.04 bits per heavy atom. The van der Waals surface area contributed by atoms with E-state index in [1.165, 1.54) is 6.42 Å². The lowest BCUT2D eigenvalue weighted by Crippen LogP contribution is -2.66. The number of carbonyl (C=O) groups is 1. The molecule has 306 valence electrons. The maximum atomic E-state index is 13.0. The van der Waals surface area contributed by atoms with Crippen molar-refractivity contribution in [2.45, 2.75) is 139 Å². The van der Waals surface area contributed by atoms with Gasteiger partial charge in [0, 0.05) is 31.4 Å². The van der Waals surface area contributed by atoms with Gasteiger partial charge in [-0.15, -0.1) is 5.10 Å². The maximum Gasteiger partial charge on any atom is 0.237 e. The van der Waals surface area contributed by atoms with E-state index in [1.54, 1.807) is 9.58 Å². The summed E-state index contributed by atoms with van der Waals surface area (Å²) in [6, 6.07) is 1.99. The van der Waals surface area contributed by atoms with Crippen LogP contribution in [-0.4, -0.2) is 164 Å². The van der Waals surface area contributed by atoms with Gasteiger partial charge in [-0.05, 0) is 76.2 Å². The third kappa shape index (κ3) is 11.9. The Balaban J connectivity index is 0.966. The van der Waals surface area contributed by atoms with Crippen molar-refractivity contribution in [2.24, 2.45) is 11.8 Å². The summed E-state index contributed by atoms with van der Waals surface area (Å²) in [6.07, 6.45) is 7.88. The number of rotatable bonds is 26. The molecule has 4 aliphatic carbocycles. The molecule has 1 aromatic heterocycles. The number of unbranched alkanes of at least 4 members (excludes halogenated alkanes) is 3. The highest BCUT2D eigenvalue weighted by atomic mass is 16.6. The van der Waals surface area contributed by atoms with Gasteiger partial charge in [0.2, 0.25) is 5.91 Å². The van der Waals surface area contributed by atoms with Gasteiger partial charge in [0.25, 0.3) is 0 Å². The molecule has 4 bridgehead atoms. The van der Waals surface area contributed by atoms with Crippen LogP contribution in [0.4, 0.5) is 0 Å². The van der Waals surface area contributed by atoms with Crippen LogP contribution >= 0.6 is 0 Å². The van der Waals surface area contributed by atoms with Crippen LogP contribution < -0.4 is 5.32 Å². The molecule has 16 nitrogen and oxygen atoms in total. The summed E-state index contributed by atoms with van der Waals surface area (Å²) in [5.74, 6) is 1.25. The molecule has 6 rings (SSSR count). The number of aromatic nitrogens is 3. The molecule has 1 saturated heterocycles. The van der Waals surface area contributed by atoms with Crippen molar-refractivity contribution < 1.29 is 44.5 Å².